The SMILES string of the molecule is COc1ccc(Cc2nnc(SCC(=O)NC(N)=O)o2)cc1. The minimum absolute atomic E-state index is 0.0346. The Morgan fingerprint density at radius 2 is 2.05 bits per heavy atom. The summed E-state index contributed by atoms with van der Waals surface area (Å²) < 4.78 is 10.5. The number of amides is 3. The summed E-state index contributed by atoms with van der Waals surface area (Å²) in [7, 11) is 1.60. The van der Waals surface area contributed by atoms with Crippen molar-refractivity contribution in [3.63, 3.8) is 0 Å². The average Bonchev–Trinajstić information content (AvgIpc) is 2.93. The van der Waals surface area contributed by atoms with E-state index in [9.17, 15) is 9.59 Å². The maximum absolute atomic E-state index is 11.3. The van der Waals surface area contributed by atoms with Crippen molar-refractivity contribution in [3.8, 4) is 5.75 Å². The Morgan fingerprint density at radius 1 is 1.32 bits per heavy atom. The first kappa shape index (κ1) is 15.8. The maximum atomic E-state index is 11.3. The lowest BCUT2D eigenvalue weighted by Gasteiger charge is -2.00. The monoisotopic (exact) mass is 322 g/mol. The van der Waals surface area contributed by atoms with Crippen LogP contribution in [0.3, 0.4) is 0 Å². The van der Waals surface area contributed by atoms with Crippen LogP contribution in [0, 0.1) is 0 Å². The van der Waals surface area contributed by atoms with E-state index in [1.165, 1.54) is 0 Å². The molecule has 0 spiro atoms. The number of benzene rings is 1. The van der Waals surface area contributed by atoms with Crippen LogP contribution in [0.25, 0.3) is 0 Å². The van der Waals surface area contributed by atoms with Gasteiger partial charge in [0.25, 0.3) is 5.22 Å². The van der Waals surface area contributed by atoms with Gasteiger partial charge in [-0.15, -0.1) is 10.2 Å². The van der Waals surface area contributed by atoms with E-state index < -0.39 is 11.9 Å². The smallest absolute Gasteiger partial charge is 0.318 e. The zero-order chi connectivity index (χ0) is 15.9. The third kappa shape index (κ3) is 4.77. The number of hydrogen-bond acceptors (Lipinski definition) is 7. The zero-order valence-corrected chi connectivity index (χ0v) is 12.6. The lowest BCUT2D eigenvalue weighted by Crippen LogP contribution is -2.36. The fraction of sp³-hybridized carbons (Fsp3) is 0.231. The Balaban J connectivity index is 1.88. The molecule has 1 heterocycles. The van der Waals surface area contributed by atoms with E-state index in [0.29, 0.717) is 12.3 Å². The van der Waals surface area contributed by atoms with E-state index in [4.69, 9.17) is 14.9 Å². The van der Waals surface area contributed by atoms with Gasteiger partial charge in [-0.2, -0.15) is 0 Å². The van der Waals surface area contributed by atoms with Gasteiger partial charge in [-0.25, -0.2) is 4.79 Å². The number of carbonyl (C=O) groups is 2. The summed E-state index contributed by atoms with van der Waals surface area (Å²) in [6.45, 7) is 0. The summed E-state index contributed by atoms with van der Waals surface area (Å²) in [4.78, 5) is 21.7. The normalized spacial score (nSPS) is 10.2. The number of imide groups is 1. The first-order valence-electron chi connectivity index (χ1n) is 6.24. The molecular formula is C13H14N4O4S. The Bertz CT molecular complexity index is 656. The number of nitrogens with one attached hydrogen (secondary N) is 1. The van der Waals surface area contributed by atoms with Crippen LogP contribution in [0.4, 0.5) is 4.79 Å². The first-order chi connectivity index (χ1) is 10.6. The van der Waals surface area contributed by atoms with Gasteiger partial charge in [-0.05, 0) is 17.7 Å². The zero-order valence-electron chi connectivity index (χ0n) is 11.7. The second kappa shape index (κ2) is 7.46. The summed E-state index contributed by atoms with van der Waals surface area (Å²) in [5, 5.41) is 9.92. The number of primary amides is 1. The highest BCUT2D eigenvalue weighted by Gasteiger charge is 2.11. The molecule has 2 rings (SSSR count). The van der Waals surface area contributed by atoms with Crippen molar-refractivity contribution >= 4 is 23.7 Å². The number of carbonyl (C=O) groups excluding carboxylic acids is 2. The van der Waals surface area contributed by atoms with Crippen LogP contribution in [0.1, 0.15) is 11.5 Å². The van der Waals surface area contributed by atoms with Crippen LogP contribution in [0.5, 0.6) is 5.75 Å². The second-order valence-corrected chi connectivity index (χ2v) is 5.11. The van der Waals surface area contributed by atoms with Gasteiger partial charge in [0.1, 0.15) is 5.75 Å². The van der Waals surface area contributed by atoms with Crippen LogP contribution >= 0.6 is 11.8 Å². The largest absolute Gasteiger partial charge is 0.497 e. The van der Waals surface area contributed by atoms with Gasteiger partial charge in [0, 0.05) is 0 Å². The molecular weight excluding hydrogens is 308 g/mol. The number of rotatable bonds is 6. The van der Waals surface area contributed by atoms with E-state index in [0.717, 1.165) is 23.1 Å². The molecule has 0 atom stereocenters. The topological polar surface area (TPSA) is 120 Å². The third-order valence-electron chi connectivity index (χ3n) is 2.55. The number of methoxy groups -OCH3 is 1. The summed E-state index contributed by atoms with van der Waals surface area (Å²) in [6.07, 6.45) is 0.477. The Hall–Kier alpha value is -2.55. The molecule has 0 aliphatic heterocycles. The standard InChI is InChI=1S/C13H14N4O4S/c1-20-9-4-2-8(3-5-9)6-11-16-17-13(21-11)22-7-10(18)15-12(14)19/h2-5H,6-7H2,1H3,(H3,14,15,18,19). The second-order valence-electron chi connectivity index (χ2n) is 4.19. The van der Waals surface area contributed by atoms with E-state index in [1.807, 2.05) is 29.6 Å². The van der Waals surface area contributed by atoms with E-state index >= 15 is 0 Å². The number of ether oxygens (including phenoxy) is 1. The van der Waals surface area contributed by atoms with E-state index in [1.54, 1.807) is 7.11 Å². The average molecular weight is 322 g/mol. The number of urea groups is 1. The molecule has 1 aromatic carbocycles. The number of aromatic nitrogens is 2. The van der Waals surface area contributed by atoms with Crippen LogP contribution in [0.2, 0.25) is 0 Å². The molecule has 3 amide bonds. The highest BCUT2D eigenvalue weighted by Crippen LogP contribution is 2.18. The van der Waals surface area contributed by atoms with Gasteiger partial charge >= 0.3 is 6.03 Å². The Morgan fingerprint density at radius 3 is 2.68 bits per heavy atom. The van der Waals surface area contributed by atoms with Crippen molar-refractivity contribution in [2.75, 3.05) is 12.9 Å². The van der Waals surface area contributed by atoms with E-state index in [2.05, 4.69) is 10.2 Å². The number of thioether (sulfide) groups is 1. The molecule has 0 fully saturated rings. The Labute approximate surface area is 130 Å². The summed E-state index contributed by atoms with van der Waals surface area (Å²) in [5.41, 5.74) is 5.83. The fourth-order valence-corrected chi connectivity index (χ4v) is 2.17. The number of hydrogen-bond donors (Lipinski definition) is 2. The highest BCUT2D eigenvalue weighted by molar-refractivity contribution is 7.99. The molecule has 0 saturated heterocycles. The molecule has 0 unspecified atom stereocenters. The van der Waals surface area contributed by atoms with Crippen molar-refractivity contribution in [2.45, 2.75) is 11.6 Å². The number of nitrogens with two attached hydrogens (primary N) is 1. The third-order valence-corrected chi connectivity index (χ3v) is 3.37. The fourth-order valence-electron chi connectivity index (χ4n) is 1.59. The molecule has 0 bridgehead atoms. The van der Waals surface area contributed by atoms with Crippen molar-refractivity contribution in [2.24, 2.45) is 5.73 Å². The molecule has 0 saturated carbocycles. The predicted molar refractivity (Wildman–Crippen MR) is 78.5 cm³/mol. The summed E-state index contributed by atoms with van der Waals surface area (Å²) >= 11 is 1.03. The Kier molecular flexibility index (Phi) is 5.37. The van der Waals surface area contributed by atoms with Crippen molar-refractivity contribution in [1.82, 2.24) is 15.5 Å². The molecule has 22 heavy (non-hydrogen) atoms. The molecule has 116 valence electrons. The van der Waals surface area contributed by atoms with Crippen molar-refractivity contribution in [3.05, 3.63) is 35.7 Å². The maximum Gasteiger partial charge on any atom is 0.318 e. The minimum Gasteiger partial charge on any atom is -0.497 e. The van der Waals surface area contributed by atoms with Gasteiger partial charge in [0.15, 0.2) is 0 Å². The van der Waals surface area contributed by atoms with Gasteiger partial charge < -0.3 is 14.9 Å². The highest BCUT2D eigenvalue weighted by atomic mass is 32.2. The minimum atomic E-state index is -0.892. The lowest BCUT2D eigenvalue weighted by atomic mass is 10.1. The van der Waals surface area contributed by atoms with Gasteiger partial charge in [0.05, 0.1) is 19.3 Å². The summed E-state index contributed by atoms with van der Waals surface area (Å²) in [5.74, 6) is 0.647. The van der Waals surface area contributed by atoms with Crippen LogP contribution < -0.4 is 15.8 Å². The molecule has 0 aliphatic rings. The molecule has 9 heteroatoms. The van der Waals surface area contributed by atoms with Crippen LogP contribution in [0.15, 0.2) is 33.9 Å². The lowest BCUT2D eigenvalue weighted by molar-refractivity contribution is -0.117. The van der Waals surface area contributed by atoms with E-state index in [-0.39, 0.29) is 11.0 Å². The van der Waals surface area contributed by atoms with Gasteiger partial charge in [-0.3, -0.25) is 10.1 Å². The van der Waals surface area contributed by atoms with Crippen LogP contribution in [-0.2, 0) is 11.2 Å². The first-order valence-corrected chi connectivity index (χ1v) is 7.23. The quantitative estimate of drug-likeness (QED) is 0.760. The molecule has 3 N–H and O–H groups in total. The number of nitrogens with zero attached hydrogens (tertiary/aromatic N) is 2. The molecule has 0 radical (unpaired) electrons. The summed E-state index contributed by atoms with van der Waals surface area (Å²) in [6, 6.07) is 6.59. The van der Waals surface area contributed by atoms with Gasteiger partial charge in [0.2, 0.25) is 11.8 Å². The molecule has 2 aromatic rings. The molecule has 0 aliphatic carbocycles. The molecule has 8 nitrogen and oxygen atoms in total. The van der Waals surface area contributed by atoms with Gasteiger partial charge in [-0.1, -0.05) is 23.9 Å². The predicted octanol–water partition coefficient (Wildman–Crippen LogP) is 0.956. The molecule has 1 aromatic heterocycles. The van der Waals surface area contributed by atoms with Crippen LogP contribution in [-0.4, -0.2) is 35.0 Å². The van der Waals surface area contributed by atoms with Crippen molar-refractivity contribution < 1.29 is 18.7 Å². The van der Waals surface area contributed by atoms with Crippen molar-refractivity contribution in [1.29, 1.82) is 0 Å².